The van der Waals surface area contributed by atoms with Crippen LogP contribution in [0.2, 0.25) is 0 Å². The molecule has 1 fully saturated rings. The third kappa shape index (κ3) is 1.56. The molecule has 0 unspecified atom stereocenters. The van der Waals surface area contributed by atoms with Gasteiger partial charge >= 0.3 is 0 Å². The SMILES string of the molecule is c1c2c(cc3c1OCO3)OC1(CCNCC1)CC2. The van der Waals surface area contributed by atoms with E-state index in [1.807, 2.05) is 6.07 Å². The second kappa shape index (κ2) is 3.79. The zero-order valence-electron chi connectivity index (χ0n) is 10.3. The predicted octanol–water partition coefficient (Wildman–Crippen LogP) is 1.86. The average Bonchev–Trinajstić information content (AvgIpc) is 2.84. The van der Waals surface area contributed by atoms with Crippen molar-refractivity contribution in [2.24, 2.45) is 0 Å². The van der Waals surface area contributed by atoms with Crippen LogP contribution in [0.3, 0.4) is 0 Å². The Kier molecular flexibility index (Phi) is 2.21. The van der Waals surface area contributed by atoms with E-state index in [9.17, 15) is 0 Å². The van der Waals surface area contributed by atoms with Gasteiger partial charge < -0.3 is 19.5 Å². The summed E-state index contributed by atoms with van der Waals surface area (Å²) in [4.78, 5) is 0. The van der Waals surface area contributed by atoms with Crippen LogP contribution in [0, 0.1) is 0 Å². The lowest BCUT2D eigenvalue weighted by Crippen LogP contribution is -2.48. The Hall–Kier alpha value is -1.42. The molecule has 0 atom stereocenters. The molecular weight excluding hydrogens is 230 g/mol. The van der Waals surface area contributed by atoms with Crippen LogP contribution >= 0.6 is 0 Å². The summed E-state index contributed by atoms with van der Waals surface area (Å²) in [6.07, 6.45) is 4.38. The largest absolute Gasteiger partial charge is 0.487 e. The molecule has 0 saturated carbocycles. The minimum atomic E-state index is 0.0476. The van der Waals surface area contributed by atoms with Gasteiger partial charge in [0.15, 0.2) is 11.5 Å². The fraction of sp³-hybridized carbons (Fsp3) is 0.571. The normalized spacial score (nSPS) is 23.6. The first-order chi connectivity index (χ1) is 8.85. The van der Waals surface area contributed by atoms with Crippen LogP contribution in [0.25, 0.3) is 0 Å². The minimum absolute atomic E-state index is 0.0476. The highest BCUT2D eigenvalue weighted by atomic mass is 16.7. The van der Waals surface area contributed by atoms with Gasteiger partial charge in [-0.15, -0.1) is 0 Å². The maximum Gasteiger partial charge on any atom is 0.231 e. The summed E-state index contributed by atoms with van der Waals surface area (Å²) in [7, 11) is 0. The summed E-state index contributed by atoms with van der Waals surface area (Å²) < 4.78 is 17.1. The van der Waals surface area contributed by atoms with Crippen LogP contribution in [-0.4, -0.2) is 25.5 Å². The molecule has 0 aliphatic carbocycles. The number of aryl methyl sites for hydroxylation is 1. The van der Waals surface area contributed by atoms with E-state index >= 15 is 0 Å². The van der Waals surface area contributed by atoms with Gasteiger partial charge in [-0.05, 0) is 50.4 Å². The molecule has 1 N–H and O–H groups in total. The summed E-state index contributed by atoms with van der Waals surface area (Å²) in [5.74, 6) is 2.67. The van der Waals surface area contributed by atoms with E-state index in [1.54, 1.807) is 0 Å². The van der Waals surface area contributed by atoms with E-state index < -0.39 is 0 Å². The van der Waals surface area contributed by atoms with Crippen molar-refractivity contribution in [1.82, 2.24) is 5.32 Å². The van der Waals surface area contributed by atoms with Crippen LogP contribution in [0.5, 0.6) is 17.2 Å². The first-order valence-corrected chi connectivity index (χ1v) is 6.67. The molecule has 0 aromatic heterocycles. The van der Waals surface area contributed by atoms with Gasteiger partial charge in [0.05, 0.1) is 0 Å². The number of piperidine rings is 1. The molecule has 1 saturated heterocycles. The molecule has 4 rings (SSSR count). The summed E-state index contributed by atoms with van der Waals surface area (Å²) in [6.45, 7) is 2.44. The molecule has 0 amide bonds. The number of hydrogen-bond acceptors (Lipinski definition) is 4. The van der Waals surface area contributed by atoms with Crippen molar-refractivity contribution in [3.8, 4) is 17.2 Å². The van der Waals surface area contributed by atoms with Gasteiger partial charge in [-0.2, -0.15) is 0 Å². The van der Waals surface area contributed by atoms with Crippen molar-refractivity contribution < 1.29 is 14.2 Å². The van der Waals surface area contributed by atoms with E-state index in [2.05, 4.69) is 11.4 Å². The Morgan fingerprint density at radius 3 is 2.56 bits per heavy atom. The number of ether oxygens (including phenoxy) is 3. The van der Waals surface area contributed by atoms with E-state index in [0.717, 1.165) is 56.0 Å². The lowest BCUT2D eigenvalue weighted by atomic mass is 9.83. The van der Waals surface area contributed by atoms with Crippen LogP contribution in [-0.2, 0) is 6.42 Å². The molecule has 18 heavy (non-hydrogen) atoms. The van der Waals surface area contributed by atoms with Crippen LogP contribution < -0.4 is 19.5 Å². The van der Waals surface area contributed by atoms with Crippen molar-refractivity contribution in [3.05, 3.63) is 17.7 Å². The lowest BCUT2D eigenvalue weighted by molar-refractivity contribution is 0.0168. The van der Waals surface area contributed by atoms with Gasteiger partial charge in [-0.1, -0.05) is 0 Å². The van der Waals surface area contributed by atoms with E-state index in [4.69, 9.17) is 14.2 Å². The molecule has 4 heteroatoms. The summed E-state index contributed by atoms with van der Waals surface area (Å²) in [5.41, 5.74) is 1.30. The smallest absolute Gasteiger partial charge is 0.231 e. The number of benzene rings is 1. The molecule has 1 aromatic rings. The van der Waals surface area contributed by atoms with Crippen molar-refractivity contribution in [3.63, 3.8) is 0 Å². The Bertz CT molecular complexity index is 480. The number of rotatable bonds is 0. The monoisotopic (exact) mass is 247 g/mol. The molecule has 1 aromatic carbocycles. The molecule has 3 heterocycles. The van der Waals surface area contributed by atoms with Gasteiger partial charge in [-0.25, -0.2) is 0 Å². The van der Waals surface area contributed by atoms with E-state index in [1.165, 1.54) is 5.56 Å². The molecule has 1 spiro atoms. The first kappa shape index (κ1) is 10.5. The summed E-state index contributed by atoms with van der Waals surface area (Å²) in [6, 6.07) is 4.08. The van der Waals surface area contributed by atoms with Gasteiger partial charge in [-0.3, -0.25) is 0 Å². The molecule has 0 radical (unpaired) electrons. The molecule has 96 valence electrons. The second-order valence-electron chi connectivity index (χ2n) is 5.35. The molecular formula is C14H17NO3. The quantitative estimate of drug-likeness (QED) is 0.759. The summed E-state index contributed by atoms with van der Waals surface area (Å²) in [5, 5.41) is 3.40. The first-order valence-electron chi connectivity index (χ1n) is 6.67. The Morgan fingerprint density at radius 1 is 0.944 bits per heavy atom. The molecule has 0 bridgehead atoms. The van der Waals surface area contributed by atoms with Crippen LogP contribution in [0.1, 0.15) is 24.8 Å². The minimum Gasteiger partial charge on any atom is -0.487 e. The number of fused-ring (bicyclic) bond motifs is 2. The van der Waals surface area contributed by atoms with Crippen LogP contribution in [0.4, 0.5) is 0 Å². The maximum atomic E-state index is 6.31. The number of nitrogens with one attached hydrogen (secondary N) is 1. The molecule has 3 aliphatic heterocycles. The standard InChI is InChI=1S/C14H17NO3/c1-2-14(3-5-15-6-4-14)18-11-8-13-12(7-10(1)11)16-9-17-13/h7-8,15H,1-6,9H2. The highest BCUT2D eigenvalue weighted by molar-refractivity contribution is 5.52. The third-order valence-electron chi connectivity index (χ3n) is 4.25. The fourth-order valence-corrected chi connectivity index (χ4v) is 3.14. The van der Waals surface area contributed by atoms with E-state index in [-0.39, 0.29) is 5.60 Å². The van der Waals surface area contributed by atoms with Crippen molar-refractivity contribution in [1.29, 1.82) is 0 Å². The lowest BCUT2D eigenvalue weighted by Gasteiger charge is -2.41. The fourth-order valence-electron chi connectivity index (χ4n) is 3.14. The predicted molar refractivity (Wildman–Crippen MR) is 66.3 cm³/mol. The van der Waals surface area contributed by atoms with Gasteiger partial charge in [0.25, 0.3) is 0 Å². The summed E-state index contributed by atoms with van der Waals surface area (Å²) >= 11 is 0. The van der Waals surface area contributed by atoms with Gasteiger partial charge in [0.1, 0.15) is 11.4 Å². The van der Waals surface area contributed by atoms with Crippen molar-refractivity contribution in [2.75, 3.05) is 19.9 Å². The van der Waals surface area contributed by atoms with Gasteiger partial charge in [0.2, 0.25) is 6.79 Å². The topological polar surface area (TPSA) is 39.7 Å². The Morgan fingerprint density at radius 2 is 1.72 bits per heavy atom. The molecule has 3 aliphatic rings. The zero-order chi connectivity index (χ0) is 12.0. The van der Waals surface area contributed by atoms with Crippen molar-refractivity contribution in [2.45, 2.75) is 31.3 Å². The molecule has 4 nitrogen and oxygen atoms in total. The average molecular weight is 247 g/mol. The Balaban J connectivity index is 1.68. The van der Waals surface area contributed by atoms with Crippen molar-refractivity contribution >= 4 is 0 Å². The third-order valence-corrected chi connectivity index (χ3v) is 4.25. The Labute approximate surface area is 106 Å². The number of hydrogen-bond donors (Lipinski definition) is 1. The van der Waals surface area contributed by atoms with Gasteiger partial charge in [0, 0.05) is 6.07 Å². The highest BCUT2D eigenvalue weighted by Crippen LogP contribution is 2.44. The second-order valence-corrected chi connectivity index (χ2v) is 5.35. The van der Waals surface area contributed by atoms with Crippen LogP contribution in [0.15, 0.2) is 12.1 Å². The maximum absolute atomic E-state index is 6.31. The zero-order valence-corrected chi connectivity index (χ0v) is 10.3. The van der Waals surface area contributed by atoms with E-state index in [0.29, 0.717) is 6.79 Å². The highest BCUT2D eigenvalue weighted by Gasteiger charge is 2.38.